The minimum atomic E-state index is -0.228. The minimum absolute atomic E-state index is 0.171. The smallest absolute Gasteiger partial charge is 0.318 e. The summed E-state index contributed by atoms with van der Waals surface area (Å²) in [5, 5.41) is 6.94. The molecule has 27 heavy (non-hydrogen) atoms. The van der Waals surface area contributed by atoms with Gasteiger partial charge in [0, 0.05) is 12.1 Å². The molecule has 8 heteroatoms. The van der Waals surface area contributed by atoms with Gasteiger partial charge >= 0.3 is 6.03 Å². The standard InChI is InChI=1S/C19H20N4O4/c1-25-14-6-2-5-13(11-14)17-21-18(27-22-17)16-8-3-9-23(16)19(24)20-12-15-7-4-10-26-15/h2,4-7,10-11,16H,3,8-9,12H2,1H3,(H,20,24)/t16-/m1/s1. The van der Waals surface area contributed by atoms with E-state index < -0.39 is 0 Å². The summed E-state index contributed by atoms with van der Waals surface area (Å²) in [4.78, 5) is 18.8. The van der Waals surface area contributed by atoms with Crippen LogP contribution in [0.25, 0.3) is 11.4 Å². The Hall–Kier alpha value is -3.29. The van der Waals surface area contributed by atoms with Crippen molar-refractivity contribution in [3.63, 3.8) is 0 Å². The number of aromatic nitrogens is 2. The molecule has 1 aromatic carbocycles. The first kappa shape index (κ1) is 17.1. The Bertz CT molecular complexity index is 906. The fraction of sp³-hybridized carbons (Fsp3) is 0.316. The number of likely N-dealkylation sites (tertiary alicyclic amines) is 1. The number of urea groups is 1. The van der Waals surface area contributed by atoms with E-state index in [0.717, 1.165) is 24.2 Å². The van der Waals surface area contributed by atoms with Crippen molar-refractivity contribution in [1.82, 2.24) is 20.4 Å². The molecule has 1 saturated heterocycles. The maximum Gasteiger partial charge on any atom is 0.318 e. The molecule has 0 saturated carbocycles. The lowest BCUT2D eigenvalue weighted by Gasteiger charge is -2.21. The summed E-state index contributed by atoms with van der Waals surface area (Å²) in [6.07, 6.45) is 3.25. The largest absolute Gasteiger partial charge is 0.497 e. The quantitative estimate of drug-likeness (QED) is 0.742. The summed E-state index contributed by atoms with van der Waals surface area (Å²) in [5.74, 6) is 2.35. The number of nitrogens with zero attached hydrogens (tertiary/aromatic N) is 3. The van der Waals surface area contributed by atoms with Gasteiger partial charge in [0.2, 0.25) is 11.7 Å². The van der Waals surface area contributed by atoms with Crippen molar-refractivity contribution in [2.24, 2.45) is 0 Å². The first-order chi connectivity index (χ1) is 13.2. The second kappa shape index (κ2) is 7.53. The maximum absolute atomic E-state index is 12.6. The van der Waals surface area contributed by atoms with Gasteiger partial charge in [-0.3, -0.25) is 0 Å². The van der Waals surface area contributed by atoms with Gasteiger partial charge in [-0.15, -0.1) is 0 Å². The van der Waals surface area contributed by atoms with E-state index in [-0.39, 0.29) is 12.1 Å². The van der Waals surface area contributed by atoms with E-state index in [1.807, 2.05) is 30.3 Å². The second-order valence-corrected chi connectivity index (χ2v) is 6.28. The fourth-order valence-corrected chi connectivity index (χ4v) is 3.19. The van der Waals surface area contributed by atoms with Gasteiger partial charge in [0.15, 0.2) is 0 Å². The Labute approximate surface area is 156 Å². The first-order valence-corrected chi connectivity index (χ1v) is 8.79. The number of rotatable bonds is 5. The molecule has 1 atom stereocenters. The van der Waals surface area contributed by atoms with Crippen LogP contribution in [-0.2, 0) is 6.54 Å². The molecule has 2 aromatic heterocycles. The van der Waals surface area contributed by atoms with Crippen molar-refractivity contribution in [2.75, 3.05) is 13.7 Å². The highest BCUT2D eigenvalue weighted by Crippen LogP contribution is 2.32. The van der Waals surface area contributed by atoms with Crippen molar-refractivity contribution < 1.29 is 18.5 Å². The number of amides is 2. The Kier molecular flexibility index (Phi) is 4.78. The van der Waals surface area contributed by atoms with Gasteiger partial charge in [0.1, 0.15) is 17.6 Å². The molecule has 140 valence electrons. The molecule has 0 unspecified atom stereocenters. The lowest BCUT2D eigenvalue weighted by atomic mass is 10.2. The summed E-state index contributed by atoms with van der Waals surface area (Å²) in [6, 6.07) is 10.7. The molecule has 0 spiro atoms. The van der Waals surface area contributed by atoms with Gasteiger partial charge < -0.3 is 23.9 Å². The number of hydrogen-bond acceptors (Lipinski definition) is 6. The third-order valence-corrected chi connectivity index (χ3v) is 4.56. The molecule has 0 radical (unpaired) electrons. The number of furan rings is 1. The summed E-state index contributed by atoms with van der Waals surface area (Å²) in [5.41, 5.74) is 0.802. The van der Waals surface area contributed by atoms with Gasteiger partial charge in [-0.05, 0) is 37.1 Å². The number of nitrogens with one attached hydrogen (secondary N) is 1. The number of carbonyl (C=O) groups is 1. The average Bonchev–Trinajstić information content (AvgIpc) is 3.47. The van der Waals surface area contributed by atoms with Gasteiger partial charge in [0.25, 0.3) is 0 Å². The van der Waals surface area contributed by atoms with Gasteiger partial charge in [-0.25, -0.2) is 4.79 Å². The zero-order valence-corrected chi connectivity index (χ0v) is 14.9. The molecule has 0 bridgehead atoms. The molecule has 0 aliphatic carbocycles. The maximum atomic E-state index is 12.6. The minimum Gasteiger partial charge on any atom is -0.497 e. The summed E-state index contributed by atoms with van der Waals surface area (Å²) >= 11 is 0. The van der Waals surface area contributed by atoms with Crippen LogP contribution in [-0.4, -0.2) is 34.7 Å². The Morgan fingerprint density at radius 1 is 1.37 bits per heavy atom. The van der Waals surface area contributed by atoms with Crippen molar-refractivity contribution in [1.29, 1.82) is 0 Å². The van der Waals surface area contributed by atoms with Gasteiger partial charge in [-0.2, -0.15) is 4.98 Å². The highest BCUT2D eigenvalue weighted by atomic mass is 16.5. The number of ether oxygens (including phenoxy) is 1. The number of hydrogen-bond donors (Lipinski definition) is 1. The second-order valence-electron chi connectivity index (χ2n) is 6.28. The van der Waals surface area contributed by atoms with Crippen LogP contribution in [0.2, 0.25) is 0 Å². The molecule has 4 rings (SSSR count). The zero-order valence-electron chi connectivity index (χ0n) is 14.9. The third-order valence-electron chi connectivity index (χ3n) is 4.56. The van der Waals surface area contributed by atoms with E-state index in [9.17, 15) is 4.79 Å². The molecule has 1 aliphatic heterocycles. The predicted octanol–water partition coefficient (Wildman–Crippen LogP) is 3.38. The first-order valence-electron chi connectivity index (χ1n) is 8.79. The molecule has 1 aliphatic rings. The van der Waals surface area contributed by atoms with Crippen molar-refractivity contribution in [2.45, 2.75) is 25.4 Å². The van der Waals surface area contributed by atoms with E-state index in [2.05, 4.69) is 15.5 Å². The summed E-state index contributed by atoms with van der Waals surface area (Å²) in [7, 11) is 1.61. The number of methoxy groups -OCH3 is 1. The van der Waals surface area contributed by atoms with Crippen LogP contribution in [0.15, 0.2) is 51.6 Å². The molecule has 1 fully saturated rings. The van der Waals surface area contributed by atoms with Crippen LogP contribution < -0.4 is 10.1 Å². The highest BCUT2D eigenvalue weighted by Gasteiger charge is 2.34. The normalized spacial score (nSPS) is 16.5. The van der Waals surface area contributed by atoms with Crippen molar-refractivity contribution >= 4 is 6.03 Å². The Morgan fingerprint density at radius 2 is 2.30 bits per heavy atom. The molecule has 3 aromatic rings. The lowest BCUT2D eigenvalue weighted by molar-refractivity contribution is 0.179. The van der Waals surface area contributed by atoms with Crippen LogP contribution >= 0.6 is 0 Å². The van der Waals surface area contributed by atoms with Gasteiger partial charge in [-0.1, -0.05) is 17.3 Å². The topological polar surface area (TPSA) is 93.6 Å². The predicted molar refractivity (Wildman–Crippen MR) is 95.9 cm³/mol. The molecule has 3 heterocycles. The molecule has 1 N–H and O–H groups in total. The molecule has 8 nitrogen and oxygen atoms in total. The van der Waals surface area contributed by atoms with Crippen LogP contribution in [0, 0.1) is 0 Å². The van der Waals surface area contributed by atoms with Crippen LogP contribution in [0.1, 0.15) is 30.5 Å². The molecule has 2 amide bonds. The van der Waals surface area contributed by atoms with Gasteiger partial charge in [0.05, 0.1) is 19.9 Å². The van der Waals surface area contributed by atoms with E-state index in [4.69, 9.17) is 13.7 Å². The Balaban J connectivity index is 1.47. The number of benzene rings is 1. The third kappa shape index (κ3) is 3.64. The van der Waals surface area contributed by atoms with E-state index >= 15 is 0 Å². The van der Waals surface area contributed by atoms with Crippen molar-refractivity contribution in [3.05, 3.63) is 54.3 Å². The van der Waals surface area contributed by atoms with Crippen LogP contribution in [0.3, 0.4) is 0 Å². The van der Waals surface area contributed by atoms with E-state index in [1.54, 1.807) is 24.3 Å². The summed E-state index contributed by atoms with van der Waals surface area (Å²) < 4.78 is 15.9. The van der Waals surface area contributed by atoms with E-state index in [1.165, 1.54) is 0 Å². The Morgan fingerprint density at radius 3 is 3.11 bits per heavy atom. The monoisotopic (exact) mass is 368 g/mol. The zero-order chi connectivity index (χ0) is 18.6. The lowest BCUT2D eigenvalue weighted by Crippen LogP contribution is -2.39. The molecular formula is C19H20N4O4. The summed E-state index contributed by atoms with van der Waals surface area (Å²) in [6.45, 7) is 0.986. The van der Waals surface area contributed by atoms with Crippen LogP contribution in [0.4, 0.5) is 4.79 Å². The number of carbonyl (C=O) groups excluding carboxylic acids is 1. The average molecular weight is 368 g/mol. The van der Waals surface area contributed by atoms with Crippen molar-refractivity contribution in [3.8, 4) is 17.1 Å². The van der Waals surface area contributed by atoms with E-state index in [0.29, 0.717) is 30.6 Å². The molecular weight excluding hydrogens is 348 g/mol. The fourth-order valence-electron chi connectivity index (χ4n) is 3.19. The SMILES string of the molecule is COc1cccc(-c2noc([C@H]3CCCN3C(=O)NCc3ccco3)n2)c1. The highest BCUT2D eigenvalue weighted by molar-refractivity contribution is 5.74. The van der Waals surface area contributed by atoms with Crippen LogP contribution in [0.5, 0.6) is 5.75 Å².